The van der Waals surface area contributed by atoms with Crippen molar-refractivity contribution in [3.63, 3.8) is 0 Å². The number of esters is 1. The summed E-state index contributed by atoms with van der Waals surface area (Å²) in [5.41, 5.74) is 2.82. The normalized spacial score (nSPS) is 13.8. The van der Waals surface area contributed by atoms with E-state index in [4.69, 9.17) is 45.5 Å². The summed E-state index contributed by atoms with van der Waals surface area (Å²) in [6.07, 6.45) is 15.9. The summed E-state index contributed by atoms with van der Waals surface area (Å²) in [6, 6.07) is 4.94. The molecule has 1 amide bonds. The van der Waals surface area contributed by atoms with Crippen LogP contribution in [0.5, 0.6) is 5.75 Å². The highest BCUT2D eigenvalue weighted by atomic mass is 35.5. The molecule has 1 heterocycles. The highest BCUT2D eigenvalue weighted by molar-refractivity contribution is 6.37. The fourth-order valence-corrected chi connectivity index (χ4v) is 4.39. The first-order chi connectivity index (χ1) is 17.3. The van der Waals surface area contributed by atoms with Crippen molar-refractivity contribution >= 4 is 40.8 Å². The SMILES string of the molecule is C#CCOC(=O)C1=C(C(=O)N(Cc2cnccc2C)c2cc(OC(C)C#C)c(Cl)cc2Cl)CCCC1. The van der Waals surface area contributed by atoms with E-state index in [1.54, 1.807) is 25.4 Å². The minimum absolute atomic E-state index is 0.153. The number of hydrogen-bond donors (Lipinski definition) is 0. The number of rotatable bonds is 8. The number of halogens is 2. The average molecular weight is 525 g/mol. The van der Waals surface area contributed by atoms with Crippen LogP contribution in [0.25, 0.3) is 0 Å². The van der Waals surface area contributed by atoms with Gasteiger partial charge in [-0.25, -0.2) is 4.79 Å². The second-order valence-electron chi connectivity index (χ2n) is 8.30. The van der Waals surface area contributed by atoms with E-state index >= 15 is 0 Å². The van der Waals surface area contributed by atoms with Gasteiger partial charge in [-0.2, -0.15) is 0 Å². The van der Waals surface area contributed by atoms with Gasteiger partial charge in [0.15, 0.2) is 12.7 Å². The Morgan fingerprint density at radius 2 is 1.89 bits per heavy atom. The lowest BCUT2D eigenvalue weighted by atomic mass is 9.90. The zero-order valence-electron chi connectivity index (χ0n) is 20.1. The van der Waals surface area contributed by atoms with Crippen molar-refractivity contribution in [1.82, 2.24) is 4.98 Å². The second kappa shape index (κ2) is 12.5. The van der Waals surface area contributed by atoms with Crippen molar-refractivity contribution in [1.29, 1.82) is 0 Å². The van der Waals surface area contributed by atoms with Gasteiger partial charge in [-0.1, -0.05) is 35.0 Å². The molecule has 1 atom stereocenters. The van der Waals surface area contributed by atoms with Crippen LogP contribution in [0.4, 0.5) is 5.69 Å². The number of terminal acetylenes is 2. The average Bonchev–Trinajstić information content (AvgIpc) is 2.88. The van der Waals surface area contributed by atoms with E-state index in [0.717, 1.165) is 24.0 Å². The molecule has 0 N–H and O–H groups in total. The summed E-state index contributed by atoms with van der Waals surface area (Å²) < 4.78 is 10.9. The molecule has 0 spiro atoms. The predicted octanol–water partition coefficient (Wildman–Crippen LogP) is 5.68. The van der Waals surface area contributed by atoms with Gasteiger partial charge in [0.1, 0.15) is 5.75 Å². The maximum absolute atomic E-state index is 14.1. The Labute approximate surface area is 221 Å². The Morgan fingerprint density at radius 3 is 2.56 bits per heavy atom. The van der Waals surface area contributed by atoms with Crippen molar-refractivity contribution in [2.75, 3.05) is 11.5 Å². The number of amides is 1. The van der Waals surface area contributed by atoms with Crippen LogP contribution in [0.15, 0.2) is 41.7 Å². The second-order valence-corrected chi connectivity index (χ2v) is 9.11. The number of nitrogens with zero attached hydrogens (tertiary/aromatic N) is 2. The molecule has 8 heteroatoms. The number of aryl methyl sites for hydroxylation is 1. The quantitative estimate of drug-likeness (QED) is 0.328. The molecule has 6 nitrogen and oxygen atoms in total. The van der Waals surface area contributed by atoms with Gasteiger partial charge in [0.2, 0.25) is 0 Å². The lowest BCUT2D eigenvalue weighted by Gasteiger charge is -2.29. The molecule has 2 aromatic rings. The number of hydrogen-bond acceptors (Lipinski definition) is 5. The van der Waals surface area contributed by atoms with E-state index in [9.17, 15) is 9.59 Å². The minimum atomic E-state index is -0.581. The van der Waals surface area contributed by atoms with E-state index < -0.39 is 12.1 Å². The van der Waals surface area contributed by atoms with Gasteiger partial charge in [0.25, 0.3) is 5.91 Å². The van der Waals surface area contributed by atoms with Gasteiger partial charge in [-0.15, -0.1) is 12.8 Å². The third-order valence-electron chi connectivity index (χ3n) is 5.81. The Kier molecular flexibility index (Phi) is 9.42. The zero-order chi connectivity index (χ0) is 26.2. The number of ether oxygens (including phenoxy) is 2. The maximum atomic E-state index is 14.1. The number of carbonyl (C=O) groups excluding carboxylic acids is 2. The van der Waals surface area contributed by atoms with Crippen LogP contribution in [-0.4, -0.2) is 29.6 Å². The highest BCUT2D eigenvalue weighted by Gasteiger charge is 2.30. The number of aromatic nitrogens is 1. The molecule has 0 aliphatic heterocycles. The standard InChI is InChI=1S/C28H26Cl2N2O4/c1-5-13-35-28(34)22-10-8-7-9-21(22)27(33)32(17-20-16-31-12-11-18(20)3)25-15-26(36-19(4)6-2)24(30)14-23(25)29/h1-2,11-12,14-16,19H,7-10,13,17H2,3-4H3. The first-order valence-electron chi connectivity index (χ1n) is 11.4. The molecule has 36 heavy (non-hydrogen) atoms. The Morgan fingerprint density at radius 1 is 1.17 bits per heavy atom. The Hall–Kier alpha value is -3.45. The molecule has 0 saturated carbocycles. The fourth-order valence-electron chi connectivity index (χ4n) is 3.86. The molecular formula is C28H26Cl2N2O4. The van der Waals surface area contributed by atoms with Gasteiger partial charge in [0, 0.05) is 29.6 Å². The maximum Gasteiger partial charge on any atom is 0.335 e. The number of pyridine rings is 1. The van der Waals surface area contributed by atoms with Gasteiger partial charge in [-0.3, -0.25) is 9.78 Å². The molecule has 1 unspecified atom stereocenters. The van der Waals surface area contributed by atoms with E-state index in [1.807, 2.05) is 13.0 Å². The summed E-state index contributed by atoms with van der Waals surface area (Å²) in [7, 11) is 0. The predicted molar refractivity (Wildman–Crippen MR) is 141 cm³/mol. The molecule has 0 radical (unpaired) electrons. The van der Waals surface area contributed by atoms with E-state index in [0.29, 0.717) is 29.7 Å². The van der Waals surface area contributed by atoms with Gasteiger partial charge < -0.3 is 14.4 Å². The summed E-state index contributed by atoms with van der Waals surface area (Å²) >= 11 is 13.0. The molecule has 1 aromatic heterocycles. The van der Waals surface area contributed by atoms with Crippen LogP contribution in [0, 0.1) is 31.6 Å². The number of anilines is 1. The third kappa shape index (κ3) is 6.40. The van der Waals surface area contributed by atoms with Crippen molar-refractivity contribution in [3.05, 3.63) is 62.9 Å². The largest absolute Gasteiger partial charge is 0.476 e. The molecule has 0 saturated heterocycles. The first kappa shape index (κ1) is 27.1. The highest BCUT2D eigenvalue weighted by Crippen LogP contribution is 2.39. The number of benzene rings is 1. The summed E-state index contributed by atoms with van der Waals surface area (Å²) in [4.78, 5) is 32.5. The first-order valence-corrected chi connectivity index (χ1v) is 12.2. The third-order valence-corrected chi connectivity index (χ3v) is 6.41. The molecule has 0 fully saturated rings. The van der Waals surface area contributed by atoms with Crippen molar-refractivity contribution in [2.24, 2.45) is 0 Å². The summed E-state index contributed by atoms with van der Waals surface area (Å²) in [6.45, 7) is 3.61. The van der Waals surface area contributed by atoms with Crippen LogP contribution in [-0.2, 0) is 20.9 Å². The smallest absolute Gasteiger partial charge is 0.335 e. The monoisotopic (exact) mass is 524 g/mol. The van der Waals surface area contributed by atoms with Crippen LogP contribution in [0.3, 0.4) is 0 Å². The summed E-state index contributed by atoms with van der Waals surface area (Å²) in [5, 5.41) is 0.495. The molecule has 1 aliphatic rings. The van der Waals surface area contributed by atoms with Crippen LogP contribution >= 0.6 is 23.2 Å². The van der Waals surface area contributed by atoms with E-state index in [-0.39, 0.29) is 34.9 Å². The van der Waals surface area contributed by atoms with E-state index in [2.05, 4.69) is 16.8 Å². The fraction of sp³-hybridized carbons (Fsp3) is 0.321. The minimum Gasteiger partial charge on any atom is -0.476 e. The van der Waals surface area contributed by atoms with Crippen LogP contribution in [0.2, 0.25) is 10.0 Å². The molecular weight excluding hydrogens is 499 g/mol. The Balaban J connectivity index is 2.13. The summed E-state index contributed by atoms with van der Waals surface area (Å²) in [5.74, 6) is 4.10. The van der Waals surface area contributed by atoms with Crippen molar-refractivity contribution < 1.29 is 19.1 Å². The van der Waals surface area contributed by atoms with Gasteiger partial charge >= 0.3 is 5.97 Å². The van der Waals surface area contributed by atoms with Crippen LogP contribution < -0.4 is 9.64 Å². The van der Waals surface area contributed by atoms with Gasteiger partial charge in [-0.05, 0) is 62.8 Å². The van der Waals surface area contributed by atoms with Crippen LogP contribution in [0.1, 0.15) is 43.7 Å². The molecule has 186 valence electrons. The lowest BCUT2D eigenvalue weighted by molar-refractivity contribution is -0.138. The van der Waals surface area contributed by atoms with E-state index in [1.165, 1.54) is 11.0 Å². The van der Waals surface area contributed by atoms with Gasteiger partial charge in [0.05, 0.1) is 22.3 Å². The molecule has 3 rings (SSSR count). The molecule has 1 aliphatic carbocycles. The molecule has 1 aromatic carbocycles. The Bertz CT molecular complexity index is 1270. The molecule has 0 bridgehead atoms. The van der Waals surface area contributed by atoms with Crippen molar-refractivity contribution in [3.8, 4) is 30.4 Å². The lowest BCUT2D eigenvalue weighted by Crippen LogP contribution is -2.34. The van der Waals surface area contributed by atoms with Crippen molar-refractivity contribution in [2.45, 2.75) is 52.2 Å². The number of carbonyl (C=O) groups is 2. The topological polar surface area (TPSA) is 68.7 Å². The zero-order valence-corrected chi connectivity index (χ0v) is 21.7.